The molecular weight excluding hydrogens is 280 g/mol. The molecule has 0 fully saturated rings. The summed E-state index contributed by atoms with van der Waals surface area (Å²) in [6.45, 7) is 0. The van der Waals surface area contributed by atoms with E-state index in [9.17, 15) is 9.59 Å². The second kappa shape index (κ2) is 7.04. The molecule has 0 aliphatic carbocycles. The summed E-state index contributed by atoms with van der Waals surface area (Å²) in [6, 6.07) is 15.6. The quantitative estimate of drug-likeness (QED) is 0.879. The first-order valence-corrected chi connectivity index (χ1v) is 6.59. The van der Waals surface area contributed by atoms with E-state index in [-0.39, 0.29) is 23.5 Å². The van der Waals surface area contributed by atoms with E-state index >= 15 is 0 Å². The Labute approximate surface area is 128 Å². The van der Waals surface area contributed by atoms with E-state index in [1.165, 1.54) is 25.3 Å². The normalized spacial score (nSPS) is 9.64. The zero-order valence-electron chi connectivity index (χ0n) is 12.0. The van der Waals surface area contributed by atoms with Crippen LogP contribution in [0.2, 0.25) is 0 Å². The molecule has 0 heterocycles. The Bertz CT molecular complexity index is 733. The SMILES string of the molecule is COC(=O)c1cc(C#N)cc(NC(=O)Cc2ccccc2)c1. The summed E-state index contributed by atoms with van der Waals surface area (Å²) in [6.07, 6.45) is 0.213. The fraction of sp³-hybridized carbons (Fsp3) is 0.118. The summed E-state index contributed by atoms with van der Waals surface area (Å²) in [5.74, 6) is -0.784. The standard InChI is InChI=1S/C17H14N2O3/c1-22-17(21)14-7-13(11-18)8-15(10-14)19-16(20)9-12-5-3-2-4-6-12/h2-8,10H,9H2,1H3,(H,19,20). The number of hydrogen-bond donors (Lipinski definition) is 1. The van der Waals surface area contributed by atoms with Crippen molar-refractivity contribution in [1.29, 1.82) is 5.26 Å². The van der Waals surface area contributed by atoms with E-state index in [1.54, 1.807) is 0 Å². The third-order valence-corrected chi connectivity index (χ3v) is 2.97. The number of ether oxygens (including phenoxy) is 1. The molecule has 2 aromatic rings. The fourth-order valence-electron chi connectivity index (χ4n) is 1.99. The van der Waals surface area contributed by atoms with E-state index in [4.69, 9.17) is 5.26 Å². The van der Waals surface area contributed by atoms with Crippen LogP contribution in [-0.4, -0.2) is 19.0 Å². The van der Waals surface area contributed by atoms with Crippen LogP contribution in [0.25, 0.3) is 0 Å². The summed E-state index contributed by atoms with van der Waals surface area (Å²) >= 11 is 0. The molecule has 0 unspecified atom stereocenters. The molecule has 0 aliphatic rings. The van der Waals surface area contributed by atoms with Gasteiger partial charge in [-0.05, 0) is 23.8 Å². The van der Waals surface area contributed by atoms with Gasteiger partial charge >= 0.3 is 5.97 Å². The molecule has 0 bridgehead atoms. The minimum absolute atomic E-state index is 0.213. The Balaban J connectivity index is 2.16. The number of carbonyl (C=O) groups excluding carboxylic acids is 2. The van der Waals surface area contributed by atoms with E-state index < -0.39 is 5.97 Å². The highest BCUT2D eigenvalue weighted by Gasteiger charge is 2.11. The average molecular weight is 294 g/mol. The molecule has 0 spiro atoms. The van der Waals surface area contributed by atoms with Gasteiger partial charge in [-0.2, -0.15) is 5.26 Å². The van der Waals surface area contributed by atoms with Gasteiger partial charge in [-0.1, -0.05) is 30.3 Å². The van der Waals surface area contributed by atoms with Gasteiger partial charge in [0.2, 0.25) is 5.91 Å². The number of carbonyl (C=O) groups is 2. The van der Waals surface area contributed by atoms with Crippen molar-refractivity contribution in [3.05, 3.63) is 65.2 Å². The lowest BCUT2D eigenvalue weighted by Gasteiger charge is -2.08. The molecule has 5 heteroatoms. The maximum Gasteiger partial charge on any atom is 0.337 e. The summed E-state index contributed by atoms with van der Waals surface area (Å²) in [7, 11) is 1.26. The fourth-order valence-corrected chi connectivity index (χ4v) is 1.99. The minimum Gasteiger partial charge on any atom is -0.465 e. The van der Waals surface area contributed by atoms with E-state index in [1.807, 2.05) is 36.4 Å². The van der Waals surface area contributed by atoms with Crippen LogP contribution in [0.5, 0.6) is 0 Å². The molecule has 1 N–H and O–H groups in total. The Hall–Kier alpha value is -3.13. The van der Waals surface area contributed by atoms with Gasteiger partial charge < -0.3 is 10.1 Å². The maximum absolute atomic E-state index is 12.0. The van der Waals surface area contributed by atoms with Gasteiger partial charge in [0.1, 0.15) is 0 Å². The summed E-state index contributed by atoms with van der Waals surface area (Å²) in [5, 5.41) is 11.7. The number of methoxy groups -OCH3 is 1. The molecule has 0 aromatic heterocycles. The maximum atomic E-state index is 12.0. The van der Waals surface area contributed by atoms with Crippen LogP contribution in [0.4, 0.5) is 5.69 Å². The Kier molecular flexibility index (Phi) is 4.89. The number of nitrogens with zero attached hydrogens (tertiary/aromatic N) is 1. The van der Waals surface area contributed by atoms with Gasteiger partial charge in [-0.25, -0.2) is 4.79 Å². The third kappa shape index (κ3) is 3.93. The molecule has 22 heavy (non-hydrogen) atoms. The first kappa shape index (κ1) is 15.3. The van der Waals surface area contributed by atoms with Gasteiger partial charge in [-0.15, -0.1) is 0 Å². The molecule has 0 aliphatic heterocycles. The first-order chi connectivity index (χ1) is 10.6. The molecular formula is C17H14N2O3. The van der Waals surface area contributed by atoms with Crippen LogP contribution in [0.15, 0.2) is 48.5 Å². The van der Waals surface area contributed by atoms with Crippen molar-refractivity contribution in [2.75, 3.05) is 12.4 Å². The Morgan fingerprint density at radius 3 is 2.55 bits per heavy atom. The van der Waals surface area contributed by atoms with Gasteiger partial charge in [0.25, 0.3) is 0 Å². The van der Waals surface area contributed by atoms with Crippen LogP contribution < -0.4 is 5.32 Å². The van der Waals surface area contributed by atoms with Crippen molar-refractivity contribution in [2.45, 2.75) is 6.42 Å². The summed E-state index contributed by atoms with van der Waals surface area (Å²) in [4.78, 5) is 23.6. The topological polar surface area (TPSA) is 79.2 Å². The number of esters is 1. The Morgan fingerprint density at radius 2 is 1.91 bits per heavy atom. The number of nitrogens with one attached hydrogen (secondary N) is 1. The lowest BCUT2D eigenvalue weighted by atomic mass is 10.1. The van der Waals surface area contributed by atoms with Crippen molar-refractivity contribution in [3.63, 3.8) is 0 Å². The zero-order valence-corrected chi connectivity index (χ0v) is 12.0. The van der Waals surface area contributed by atoms with Crippen LogP contribution >= 0.6 is 0 Å². The van der Waals surface area contributed by atoms with Gasteiger partial charge in [-0.3, -0.25) is 4.79 Å². The second-order valence-corrected chi connectivity index (χ2v) is 4.61. The largest absolute Gasteiger partial charge is 0.465 e. The summed E-state index contributed by atoms with van der Waals surface area (Å²) in [5.41, 5.74) is 1.76. The number of hydrogen-bond acceptors (Lipinski definition) is 4. The molecule has 1 amide bonds. The molecule has 2 aromatic carbocycles. The summed E-state index contributed by atoms with van der Waals surface area (Å²) < 4.78 is 4.63. The van der Waals surface area contributed by atoms with E-state index in [0.717, 1.165) is 5.56 Å². The molecule has 0 atom stereocenters. The molecule has 2 rings (SSSR count). The molecule has 110 valence electrons. The number of rotatable bonds is 4. The van der Waals surface area contributed by atoms with Crippen molar-refractivity contribution in [3.8, 4) is 6.07 Å². The van der Waals surface area contributed by atoms with Gasteiger partial charge in [0.15, 0.2) is 0 Å². The highest BCUT2D eigenvalue weighted by atomic mass is 16.5. The number of nitriles is 1. The van der Waals surface area contributed by atoms with Crippen molar-refractivity contribution in [2.24, 2.45) is 0 Å². The monoisotopic (exact) mass is 294 g/mol. The predicted molar refractivity (Wildman–Crippen MR) is 81.3 cm³/mol. The number of amides is 1. The van der Waals surface area contributed by atoms with E-state index in [0.29, 0.717) is 5.69 Å². The van der Waals surface area contributed by atoms with Gasteiger partial charge in [0.05, 0.1) is 30.7 Å². The number of anilines is 1. The van der Waals surface area contributed by atoms with Crippen LogP contribution in [-0.2, 0) is 16.0 Å². The molecule has 0 saturated heterocycles. The average Bonchev–Trinajstić information content (AvgIpc) is 2.54. The number of benzene rings is 2. The third-order valence-electron chi connectivity index (χ3n) is 2.97. The molecule has 5 nitrogen and oxygen atoms in total. The van der Waals surface area contributed by atoms with Crippen LogP contribution in [0.3, 0.4) is 0 Å². The second-order valence-electron chi connectivity index (χ2n) is 4.61. The lowest BCUT2D eigenvalue weighted by molar-refractivity contribution is -0.115. The molecule has 0 saturated carbocycles. The van der Waals surface area contributed by atoms with Crippen LogP contribution in [0.1, 0.15) is 21.5 Å². The smallest absolute Gasteiger partial charge is 0.337 e. The molecule has 0 radical (unpaired) electrons. The minimum atomic E-state index is -0.560. The van der Waals surface area contributed by atoms with Gasteiger partial charge in [0, 0.05) is 5.69 Å². The zero-order chi connectivity index (χ0) is 15.9. The lowest BCUT2D eigenvalue weighted by Crippen LogP contribution is -2.15. The highest BCUT2D eigenvalue weighted by molar-refractivity contribution is 5.95. The van der Waals surface area contributed by atoms with Crippen LogP contribution in [0, 0.1) is 11.3 Å². The highest BCUT2D eigenvalue weighted by Crippen LogP contribution is 2.16. The predicted octanol–water partition coefficient (Wildman–Crippen LogP) is 2.53. The van der Waals surface area contributed by atoms with Crippen molar-refractivity contribution >= 4 is 17.6 Å². The van der Waals surface area contributed by atoms with Crippen molar-refractivity contribution < 1.29 is 14.3 Å². The van der Waals surface area contributed by atoms with Crippen molar-refractivity contribution in [1.82, 2.24) is 0 Å². The van der Waals surface area contributed by atoms with E-state index in [2.05, 4.69) is 10.1 Å². The first-order valence-electron chi connectivity index (χ1n) is 6.59. The Morgan fingerprint density at radius 1 is 1.18 bits per heavy atom.